The van der Waals surface area contributed by atoms with Crippen molar-refractivity contribution >= 4 is 0 Å². The minimum atomic E-state index is 0.106. The van der Waals surface area contributed by atoms with Crippen LogP contribution in [0.1, 0.15) is 25.3 Å². The van der Waals surface area contributed by atoms with Crippen LogP contribution in [0.15, 0.2) is 12.4 Å². The maximum absolute atomic E-state index is 5.70. The molecule has 1 fully saturated rings. The van der Waals surface area contributed by atoms with Crippen molar-refractivity contribution in [2.45, 2.75) is 26.0 Å². The average molecular weight is 195 g/mol. The molecule has 1 aromatic rings. The van der Waals surface area contributed by atoms with Gasteiger partial charge in [-0.1, -0.05) is 0 Å². The number of nitrogens with two attached hydrogens (primary N) is 1. The topological polar surface area (TPSA) is 53.1 Å². The Morgan fingerprint density at radius 3 is 3.29 bits per heavy atom. The van der Waals surface area contributed by atoms with Crippen LogP contribution in [0, 0.1) is 5.92 Å². The Morgan fingerprint density at radius 2 is 2.57 bits per heavy atom. The van der Waals surface area contributed by atoms with Crippen molar-refractivity contribution in [3.8, 4) is 0 Å². The zero-order chi connectivity index (χ0) is 9.97. The van der Waals surface area contributed by atoms with Crippen LogP contribution in [-0.4, -0.2) is 22.7 Å². The normalized spacial score (nSPS) is 27.0. The van der Waals surface area contributed by atoms with Crippen LogP contribution in [0.25, 0.3) is 0 Å². The molecule has 4 nitrogen and oxygen atoms in total. The summed E-state index contributed by atoms with van der Waals surface area (Å²) >= 11 is 0. The molecule has 2 N–H and O–H groups in total. The average Bonchev–Trinajstić information content (AvgIpc) is 2.85. The number of aryl methyl sites for hydroxylation is 1. The highest BCUT2D eigenvalue weighted by molar-refractivity contribution is 5.01. The van der Waals surface area contributed by atoms with E-state index in [-0.39, 0.29) is 6.10 Å². The first-order valence-corrected chi connectivity index (χ1v) is 5.19. The molecule has 0 unspecified atom stereocenters. The molecule has 78 valence electrons. The fourth-order valence-electron chi connectivity index (χ4n) is 2.01. The molecule has 0 amide bonds. The summed E-state index contributed by atoms with van der Waals surface area (Å²) in [6, 6.07) is 0. The molecule has 14 heavy (non-hydrogen) atoms. The van der Waals surface area contributed by atoms with Crippen molar-refractivity contribution in [1.29, 1.82) is 0 Å². The van der Waals surface area contributed by atoms with E-state index in [1.165, 1.54) is 0 Å². The Hall–Kier alpha value is -0.870. The van der Waals surface area contributed by atoms with Gasteiger partial charge in [-0.05, 0) is 19.9 Å². The summed E-state index contributed by atoms with van der Waals surface area (Å²) < 4.78 is 7.80. The number of rotatable bonds is 3. The van der Waals surface area contributed by atoms with Gasteiger partial charge in [-0.3, -0.25) is 0 Å². The molecule has 0 aliphatic carbocycles. The first kappa shape index (κ1) is 9.68. The summed E-state index contributed by atoms with van der Waals surface area (Å²) in [5.41, 5.74) is 5.70. The zero-order valence-electron chi connectivity index (χ0n) is 8.52. The molecule has 4 heteroatoms. The van der Waals surface area contributed by atoms with E-state index in [0.29, 0.717) is 12.5 Å². The van der Waals surface area contributed by atoms with Crippen molar-refractivity contribution in [1.82, 2.24) is 9.55 Å². The minimum Gasteiger partial charge on any atom is -0.370 e. The standard InChI is InChI=1S/C10H17N3O/c1-2-13-5-4-12-10(13)9-8(7-11)3-6-14-9/h4-5,8-9H,2-3,6-7,11H2,1H3/t8-,9+/m0/s1. The van der Waals surface area contributed by atoms with Crippen LogP contribution in [0.5, 0.6) is 0 Å². The van der Waals surface area contributed by atoms with Gasteiger partial charge in [-0.15, -0.1) is 0 Å². The van der Waals surface area contributed by atoms with Gasteiger partial charge in [-0.2, -0.15) is 0 Å². The van der Waals surface area contributed by atoms with Crippen LogP contribution in [0.2, 0.25) is 0 Å². The second-order valence-corrected chi connectivity index (χ2v) is 3.65. The lowest BCUT2D eigenvalue weighted by atomic mass is 10.0. The van der Waals surface area contributed by atoms with Gasteiger partial charge in [0, 0.05) is 31.5 Å². The van der Waals surface area contributed by atoms with Crippen LogP contribution in [0.3, 0.4) is 0 Å². The van der Waals surface area contributed by atoms with Crippen molar-refractivity contribution in [2.24, 2.45) is 11.7 Å². The fourth-order valence-corrected chi connectivity index (χ4v) is 2.01. The highest BCUT2D eigenvalue weighted by Crippen LogP contribution is 2.32. The summed E-state index contributed by atoms with van der Waals surface area (Å²) in [5, 5.41) is 0. The molecule has 2 rings (SSSR count). The molecule has 2 atom stereocenters. The fraction of sp³-hybridized carbons (Fsp3) is 0.700. The molecule has 2 heterocycles. The van der Waals surface area contributed by atoms with Crippen LogP contribution < -0.4 is 5.73 Å². The number of imidazole rings is 1. The highest BCUT2D eigenvalue weighted by atomic mass is 16.5. The number of ether oxygens (including phenoxy) is 1. The maximum atomic E-state index is 5.70. The van der Waals surface area contributed by atoms with E-state index in [2.05, 4.69) is 16.5 Å². The summed E-state index contributed by atoms with van der Waals surface area (Å²) in [6.07, 6.45) is 4.98. The van der Waals surface area contributed by atoms with Crippen molar-refractivity contribution in [3.05, 3.63) is 18.2 Å². The maximum Gasteiger partial charge on any atom is 0.138 e. The number of nitrogens with zero attached hydrogens (tertiary/aromatic N) is 2. The van der Waals surface area contributed by atoms with E-state index in [1.54, 1.807) is 0 Å². The third-order valence-corrected chi connectivity index (χ3v) is 2.86. The molecule has 0 aromatic carbocycles. The first-order valence-electron chi connectivity index (χ1n) is 5.19. The van der Waals surface area contributed by atoms with Gasteiger partial charge in [0.15, 0.2) is 0 Å². The molecule has 1 aliphatic rings. The Balaban J connectivity index is 2.21. The predicted octanol–water partition coefficient (Wildman–Crippen LogP) is 0.939. The molecular weight excluding hydrogens is 178 g/mol. The summed E-state index contributed by atoms with van der Waals surface area (Å²) in [4.78, 5) is 4.35. The molecule has 0 saturated carbocycles. The number of hydrogen-bond donors (Lipinski definition) is 1. The third kappa shape index (κ3) is 1.55. The lowest BCUT2D eigenvalue weighted by Crippen LogP contribution is -2.20. The third-order valence-electron chi connectivity index (χ3n) is 2.86. The predicted molar refractivity (Wildman–Crippen MR) is 53.8 cm³/mol. The molecular formula is C10H17N3O. The Morgan fingerprint density at radius 1 is 1.71 bits per heavy atom. The molecule has 0 bridgehead atoms. The van der Waals surface area contributed by atoms with Gasteiger partial charge >= 0.3 is 0 Å². The zero-order valence-corrected chi connectivity index (χ0v) is 8.52. The van der Waals surface area contributed by atoms with Crippen molar-refractivity contribution in [2.75, 3.05) is 13.2 Å². The van der Waals surface area contributed by atoms with E-state index in [4.69, 9.17) is 10.5 Å². The largest absolute Gasteiger partial charge is 0.370 e. The summed E-state index contributed by atoms with van der Waals surface area (Å²) in [7, 11) is 0. The van der Waals surface area contributed by atoms with Gasteiger partial charge in [0.2, 0.25) is 0 Å². The van der Waals surface area contributed by atoms with Crippen LogP contribution >= 0.6 is 0 Å². The van der Waals surface area contributed by atoms with Gasteiger partial charge in [-0.25, -0.2) is 4.98 Å². The molecule has 1 aliphatic heterocycles. The van der Waals surface area contributed by atoms with E-state index in [9.17, 15) is 0 Å². The van der Waals surface area contributed by atoms with Gasteiger partial charge in [0.25, 0.3) is 0 Å². The van der Waals surface area contributed by atoms with Gasteiger partial charge in [0.1, 0.15) is 11.9 Å². The monoisotopic (exact) mass is 195 g/mol. The highest BCUT2D eigenvalue weighted by Gasteiger charge is 2.31. The lowest BCUT2D eigenvalue weighted by molar-refractivity contribution is 0.0824. The second-order valence-electron chi connectivity index (χ2n) is 3.65. The van der Waals surface area contributed by atoms with E-state index in [0.717, 1.165) is 25.4 Å². The quantitative estimate of drug-likeness (QED) is 0.781. The van der Waals surface area contributed by atoms with Gasteiger partial charge < -0.3 is 15.0 Å². The Bertz CT molecular complexity index is 297. The van der Waals surface area contributed by atoms with E-state index >= 15 is 0 Å². The van der Waals surface area contributed by atoms with E-state index < -0.39 is 0 Å². The molecule has 1 saturated heterocycles. The molecule has 0 radical (unpaired) electrons. The van der Waals surface area contributed by atoms with Crippen LogP contribution in [-0.2, 0) is 11.3 Å². The number of hydrogen-bond acceptors (Lipinski definition) is 3. The van der Waals surface area contributed by atoms with Crippen LogP contribution in [0.4, 0.5) is 0 Å². The minimum absolute atomic E-state index is 0.106. The number of aromatic nitrogens is 2. The summed E-state index contributed by atoms with van der Waals surface area (Å²) in [5.74, 6) is 1.46. The van der Waals surface area contributed by atoms with Crippen molar-refractivity contribution < 1.29 is 4.74 Å². The summed E-state index contributed by atoms with van der Waals surface area (Å²) in [6.45, 7) is 4.54. The SMILES string of the molecule is CCn1ccnc1[C@@H]1OCC[C@H]1CN. The molecule has 1 aromatic heterocycles. The Kier molecular flexibility index (Phi) is 2.84. The first-order chi connectivity index (χ1) is 6.86. The smallest absolute Gasteiger partial charge is 0.138 e. The van der Waals surface area contributed by atoms with Crippen molar-refractivity contribution in [3.63, 3.8) is 0 Å². The Labute approximate surface area is 84.1 Å². The van der Waals surface area contributed by atoms with E-state index in [1.807, 2.05) is 12.4 Å². The molecule has 0 spiro atoms. The second kappa shape index (κ2) is 4.11. The van der Waals surface area contributed by atoms with Gasteiger partial charge in [0.05, 0.1) is 0 Å². The lowest BCUT2D eigenvalue weighted by Gasteiger charge is -2.17.